The number of nitrogens with zero attached hydrogens (tertiary/aromatic N) is 11. The van der Waals surface area contributed by atoms with Gasteiger partial charge in [0, 0.05) is 127 Å². The van der Waals surface area contributed by atoms with Crippen LogP contribution in [0.1, 0.15) is 57.9 Å². The molecule has 10 rings (SSSR count). The molecule has 4 aromatic heterocycles. The van der Waals surface area contributed by atoms with Crippen LogP contribution >= 0.6 is 0 Å². The van der Waals surface area contributed by atoms with Crippen LogP contribution in [0.3, 0.4) is 0 Å². The smallest absolute Gasteiger partial charge is 0.129 e. The number of aryl methyl sites for hydroxylation is 4. The second kappa shape index (κ2) is 15.9. The second-order valence-electron chi connectivity index (χ2n) is 16.8. The lowest BCUT2D eigenvalue weighted by Gasteiger charge is -2.35. The van der Waals surface area contributed by atoms with Crippen molar-refractivity contribution >= 4 is 38.6 Å². The summed E-state index contributed by atoms with van der Waals surface area (Å²) in [4.78, 5) is 23.7. The number of hydrogen-bond donors (Lipinski definition) is 0. The van der Waals surface area contributed by atoms with E-state index >= 15 is 0 Å². The zero-order chi connectivity index (χ0) is 41.7. The molecule has 308 valence electrons. The predicted molar refractivity (Wildman–Crippen MR) is 245 cm³/mol. The summed E-state index contributed by atoms with van der Waals surface area (Å²) in [6, 6.07) is 17.4. The Morgan fingerprint density at radius 2 is 1.15 bits per heavy atom. The zero-order valence-corrected chi connectivity index (χ0v) is 36.3. The number of aliphatic imine (C=N–C) groups is 2. The molecule has 2 aromatic carbocycles. The number of piperazine rings is 1. The first-order valence-electron chi connectivity index (χ1n) is 20.7. The van der Waals surface area contributed by atoms with Crippen LogP contribution in [0, 0.1) is 19.8 Å². The molecule has 1 unspecified atom stereocenters. The number of benzene rings is 2. The van der Waals surface area contributed by atoms with Crippen molar-refractivity contribution in [3.05, 3.63) is 130 Å². The summed E-state index contributed by atoms with van der Waals surface area (Å²) < 4.78 is 17.9. The van der Waals surface area contributed by atoms with E-state index in [4.69, 9.17) is 9.98 Å². The number of hydrogen-bond acceptors (Lipinski definition) is 9. The van der Waals surface area contributed by atoms with Gasteiger partial charge in [0.15, 0.2) is 0 Å². The number of anilines is 2. The van der Waals surface area contributed by atoms with Gasteiger partial charge in [-0.05, 0) is 102 Å². The lowest BCUT2D eigenvalue weighted by Crippen LogP contribution is -2.48. The first-order chi connectivity index (χ1) is 28.9. The average Bonchev–Trinajstić information content (AvgIpc) is 4.10. The fraction of sp³-hybridized carbons (Fsp3) is 0.340. The van der Waals surface area contributed by atoms with E-state index in [1.807, 2.05) is 64.8 Å². The third kappa shape index (κ3) is 7.91. The largest absolute Gasteiger partial charge is 0.356 e. The van der Waals surface area contributed by atoms with Crippen molar-refractivity contribution in [2.45, 2.75) is 40.3 Å². The fourth-order valence-electron chi connectivity index (χ4n) is 8.85. The molecule has 0 amide bonds. The van der Waals surface area contributed by atoms with Crippen molar-refractivity contribution in [1.29, 1.82) is 0 Å². The predicted octanol–water partition coefficient (Wildman–Crippen LogP) is 6.51. The Morgan fingerprint density at radius 3 is 1.58 bits per heavy atom. The van der Waals surface area contributed by atoms with Gasteiger partial charge in [0.2, 0.25) is 0 Å². The van der Waals surface area contributed by atoms with Crippen LogP contribution in [0.2, 0.25) is 0 Å². The lowest BCUT2D eigenvalue weighted by atomic mass is 9.93. The van der Waals surface area contributed by atoms with E-state index in [2.05, 4.69) is 105 Å². The first-order valence-corrected chi connectivity index (χ1v) is 22.8. The molecule has 2 saturated heterocycles. The van der Waals surface area contributed by atoms with Crippen molar-refractivity contribution in [3.8, 4) is 22.3 Å². The molecule has 6 aromatic rings. The molecular formula is C47H53N11OS. The number of pyridine rings is 2. The van der Waals surface area contributed by atoms with Gasteiger partial charge in [-0.3, -0.25) is 23.6 Å². The van der Waals surface area contributed by atoms with Crippen LogP contribution in [-0.2, 0) is 36.9 Å². The van der Waals surface area contributed by atoms with Crippen LogP contribution in [0.25, 0.3) is 22.3 Å². The van der Waals surface area contributed by atoms with Crippen LogP contribution in [-0.4, -0.2) is 101 Å². The van der Waals surface area contributed by atoms with E-state index in [1.165, 1.54) is 45.4 Å². The highest BCUT2D eigenvalue weighted by Crippen LogP contribution is 2.34. The maximum atomic E-state index is 12.2. The third-order valence-corrected chi connectivity index (χ3v) is 13.7. The fourth-order valence-corrected chi connectivity index (χ4v) is 9.79. The quantitative estimate of drug-likeness (QED) is 0.169. The van der Waals surface area contributed by atoms with Crippen LogP contribution in [0.5, 0.6) is 0 Å². The maximum Gasteiger partial charge on any atom is 0.129 e. The van der Waals surface area contributed by atoms with E-state index in [9.17, 15) is 4.21 Å². The first kappa shape index (κ1) is 39.5. The highest BCUT2D eigenvalue weighted by atomic mass is 32.2. The SMILES string of the molecule is C=S(C)(=O)N1CCN(c2cc(C3=NCc4c(C)cc(-c5cnn(C)c5)cc43)ccn2)CC1.Cc1cc(-c2cnn(C)c2)cc2c1CN=C2c1ccnc(N2CC[C@@H](C)C2)c1. The highest BCUT2D eigenvalue weighted by Gasteiger charge is 2.26. The minimum Gasteiger partial charge on any atom is -0.356 e. The third-order valence-electron chi connectivity index (χ3n) is 12.2. The standard InChI is InChI=1S/C24H28N6OS.C23H25N5/c1-17-11-19(20-14-27-28(2)16-20)12-21-22(17)15-26-24(21)18-5-6-25-23(13-18)29-7-9-30(10-8-29)32(3,4)31;1-15-5-7-28(13-15)22-10-17(4-6-24-22)23-20-9-18(19-11-26-27(3)14-19)8-16(2)21(20)12-25-23/h5-6,11-14,16H,3,7-10,15H2,1-2,4H3;4,6,8-11,14-15H,5,7,12-13H2,1-3H3/t;15-/m.1/s1. The Labute approximate surface area is 353 Å². The molecule has 0 radical (unpaired) electrons. The summed E-state index contributed by atoms with van der Waals surface area (Å²) in [7, 11) is 1.73. The minimum absolute atomic E-state index is 0.703. The van der Waals surface area contributed by atoms with Gasteiger partial charge < -0.3 is 9.80 Å². The molecule has 12 nitrogen and oxygen atoms in total. The molecule has 13 heteroatoms. The molecule has 8 heterocycles. The van der Waals surface area contributed by atoms with Gasteiger partial charge in [0.1, 0.15) is 11.6 Å². The van der Waals surface area contributed by atoms with Crippen LogP contribution in [0.4, 0.5) is 11.6 Å². The molecule has 0 spiro atoms. The van der Waals surface area contributed by atoms with Crippen LogP contribution < -0.4 is 9.80 Å². The molecule has 0 bridgehead atoms. The Bertz CT molecular complexity index is 2770. The van der Waals surface area contributed by atoms with E-state index < -0.39 is 9.71 Å². The normalized spacial score (nSPS) is 18.4. The Balaban J connectivity index is 0.000000155. The van der Waals surface area contributed by atoms with Crippen molar-refractivity contribution < 1.29 is 4.21 Å². The van der Waals surface area contributed by atoms with Gasteiger partial charge in [0.25, 0.3) is 0 Å². The summed E-state index contributed by atoms with van der Waals surface area (Å²) in [5.41, 5.74) is 16.5. The summed E-state index contributed by atoms with van der Waals surface area (Å²) in [6.07, 6.45) is 14.7. The van der Waals surface area contributed by atoms with Crippen molar-refractivity contribution in [2.24, 2.45) is 30.0 Å². The van der Waals surface area contributed by atoms with Gasteiger partial charge in [-0.15, -0.1) is 0 Å². The zero-order valence-electron chi connectivity index (χ0n) is 35.5. The summed E-state index contributed by atoms with van der Waals surface area (Å²) >= 11 is 0. The van der Waals surface area contributed by atoms with Gasteiger partial charge in [0.05, 0.1) is 36.9 Å². The molecule has 4 aliphatic heterocycles. The second-order valence-corrected chi connectivity index (χ2v) is 19.2. The molecule has 2 atom stereocenters. The summed E-state index contributed by atoms with van der Waals surface area (Å²) in [5.74, 6) is 6.55. The lowest BCUT2D eigenvalue weighted by molar-refractivity contribution is 0.409. The average molecular weight is 820 g/mol. The molecule has 0 aliphatic carbocycles. The number of aromatic nitrogens is 6. The van der Waals surface area contributed by atoms with Crippen molar-refractivity contribution in [2.75, 3.05) is 55.3 Å². The van der Waals surface area contributed by atoms with Gasteiger partial charge in [-0.2, -0.15) is 10.2 Å². The van der Waals surface area contributed by atoms with E-state index in [0.717, 1.165) is 103 Å². The van der Waals surface area contributed by atoms with E-state index in [0.29, 0.717) is 6.54 Å². The topological polar surface area (TPSA) is 113 Å². The molecule has 0 saturated carbocycles. The number of rotatable bonds is 7. The summed E-state index contributed by atoms with van der Waals surface area (Å²) in [6.45, 7) is 13.3. The van der Waals surface area contributed by atoms with Crippen molar-refractivity contribution in [3.63, 3.8) is 0 Å². The number of fused-ring (bicyclic) bond motifs is 2. The Hall–Kier alpha value is -5.92. The Morgan fingerprint density at radius 1 is 0.650 bits per heavy atom. The van der Waals surface area contributed by atoms with Gasteiger partial charge in [-0.1, -0.05) is 19.1 Å². The minimum atomic E-state index is -2.15. The van der Waals surface area contributed by atoms with Gasteiger partial charge >= 0.3 is 0 Å². The van der Waals surface area contributed by atoms with E-state index in [1.54, 1.807) is 6.26 Å². The molecule has 60 heavy (non-hydrogen) atoms. The van der Waals surface area contributed by atoms with Gasteiger partial charge in [-0.25, -0.2) is 14.3 Å². The van der Waals surface area contributed by atoms with Crippen LogP contribution in [0.15, 0.2) is 95.7 Å². The maximum absolute atomic E-state index is 12.2. The Kier molecular flexibility index (Phi) is 10.5. The monoisotopic (exact) mass is 819 g/mol. The molecular weight excluding hydrogens is 767 g/mol. The molecule has 0 N–H and O–H groups in total. The van der Waals surface area contributed by atoms with E-state index in [-0.39, 0.29) is 0 Å². The molecule has 4 aliphatic rings. The highest BCUT2D eigenvalue weighted by molar-refractivity contribution is 7.97. The van der Waals surface area contributed by atoms with Crippen molar-refractivity contribution in [1.82, 2.24) is 33.8 Å². The molecule has 2 fully saturated rings. The summed E-state index contributed by atoms with van der Waals surface area (Å²) in [5, 5.41) is 8.65.